The molecule has 0 bridgehead atoms. The van der Waals surface area contributed by atoms with E-state index in [0.717, 1.165) is 44.7 Å². The molecule has 0 unspecified atom stereocenters. The van der Waals surface area contributed by atoms with Gasteiger partial charge in [-0.1, -0.05) is 12.8 Å². The molecule has 0 aliphatic heterocycles. The van der Waals surface area contributed by atoms with Crippen LogP contribution in [0.2, 0.25) is 6.04 Å². The molecule has 0 aromatic heterocycles. The standard InChI is InChI=1S/C17H36N2O3Si/c1-4-20-23(21-5-2,22-6-3)17-13-8-7-11-15-19-16-12-9-10-14-18/h14,16,18H,4-13,15,17H2,1-3H3. The van der Waals surface area contributed by atoms with Crippen LogP contribution < -0.4 is 0 Å². The number of aliphatic imine (C=N–C) groups is 1. The topological polar surface area (TPSA) is 63.9 Å². The summed E-state index contributed by atoms with van der Waals surface area (Å²) < 4.78 is 17.6. The van der Waals surface area contributed by atoms with Crippen LogP contribution in [-0.4, -0.2) is 47.6 Å². The normalized spacial score (nSPS) is 12.1. The molecule has 0 aliphatic carbocycles. The van der Waals surface area contributed by atoms with Crippen LogP contribution in [-0.2, 0) is 13.3 Å². The van der Waals surface area contributed by atoms with Crippen molar-refractivity contribution in [3.63, 3.8) is 0 Å². The van der Waals surface area contributed by atoms with Gasteiger partial charge in [0.1, 0.15) is 0 Å². The highest BCUT2D eigenvalue weighted by atomic mass is 28.4. The van der Waals surface area contributed by atoms with E-state index in [0.29, 0.717) is 19.8 Å². The lowest BCUT2D eigenvalue weighted by Crippen LogP contribution is -2.45. The molecule has 1 N–H and O–H groups in total. The maximum Gasteiger partial charge on any atom is 0.500 e. The fourth-order valence-electron chi connectivity index (χ4n) is 2.39. The van der Waals surface area contributed by atoms with Crippen molar-refractivity contribution in [3.8, 4) is 0 Å². The van der Waals surface area contributed by atoms with Crippen molar-refractivity contribution in [1.29, 1.82) is 5.41 Å². The van der Waals surface area contributed by atoms with Crippen molar-refractivity contribution in [2.75, 3.05) is 26.4 Å². The minimum Gasteiger partial charge on any atom is -0.374 e. The highest BCUT2D eigenvalue weighted by Crippen LogP contribution is 2.20. The van der Waals surface area contributed by atoms with E-state index in [1.807, 2.05) is 27.0 Å². The summed E-state index contributed by atoms with van der Waals surface area (Å²) in [7, 11) is -2.44. The predicted octanol–water partition coefficient (Wildman–Crippen LogP) is 4.49. The number of nitrogens with zero attached hydrogens (tertiary/aromatic N) is 1. The molecule has 0 rings (SSSR count). The second kappa shape index (κ2) is 16.3. The van der Waals surface area contributed by atoms with Crippen molar-refractivity contribution in [3.05, 3.63) is 0 Å². The number of rotatable bonds is 17. The van der Waals surface area contributed by atoms with Crippen molar-refractivity contribution in [1.82, 2.24) is 0 Å². The first-order chi connectivity index (χ1) is 11.2. The highest BCUT2D eigenvalue weighted by molar-refractivity contribution is 6.60. The van der Waals surface area contributed by atoms with Crippen molar-refractivity contribution < 1.29 is 13.3 Å². The van der Waals surface area contributed by atoms with Crippen LogP contribution in [0.4, 0.5) is 0 Å². The molecule has 0 amide bonds. The Labute approximate surface area is 143 Å². The van der Waals surface area contributed by atoms with Crippen LogP contribution in [0.25, 0.3) is 0 Å². The number of unbranched alkanes of at least 4 members (excludes halogenated alkanes) is 5. The van der Waals surface area contributed by atoms with E-state index in [1.54, 1.807) is 0 Å². The molecule has 0 fully saturated rings. The summed E-state index contributed by atoms with van der Waals surface area (Å²) in [4.78, 5) is 4.41. The molecule has 0 spiro atoms. The number of hydrogen-bond donors (Lipinski definition) is 1. The quantitative estimate of drug-likeness (QED) is 0.240. The van der Waals surface area contributed by atoms with Crippen molar-refractivity contribution in [2.24, 2.45) is 4.99 Å². The summed E-state index contributed by atoms with van der Waals surface area (Å²) in [6, 6.07) is 0.912. The van der Waals surface area contributed by atoms with Gasteiger partial charge in [0.25, 0.3) is 0 Å². The van der Waals surface area contributed by atoms with Gasteiger partial charge in [-0.2, -0.15) is 0 Å². The van der Waals surface area contributed by atoms with E-state index in [1.165, 1.54) is 19.1 Å². The largest absolute Gasteiger partial charge is 0.500 e. The van der Waals surface area contributed by atoms with E-state index >= 15 is 0 Å². The fourth-order valence-corrected chi connectivity index (χ4v) is 5.08. The maximum atomic E-state index is 6.94. The van der Waals surface area contributed by atoms with E-state index in [2.05, 4.69) is 4.99 Å². The first-order valence-electron chi connectivity index (χ1n) is 9.13. The van der Waals surface area contributed by atoms with Crippen LogP contribution >= 0.6 is 0 Å². The van der Waals surface area contributed by atoms with E-state index in [9.17, 15) is 0 Å². The average molecular weight is 345 g/mol. The van der Waals surface area contributed by atoms with Gasteiger partial charge in [0, 0.05) is 32.4 Å². The summed E-state index contributed by atoms with van der Waals surface area (Å²) in [5.41, 5.74) is 0. The second-order valence-electron chi connectivity index (χ2n) is 5.37. The maximum absolute atomic E-state index is 6.94. The Morgan fingerprint density at radius 3 is 2.00 bits per heavy atom. The summed E-state index contributed by atoms with van der Waals surface area (Å²) in [5, 5.41) is 6.94. The molecule has 0 radical (unpaired) electrons. The molecule has 0 aromatic rings. The Bertz CT molecular complexity index is 285. The monoisotopic (exact) mass is 344 g/mol. The minimum atomic E-state index is -2.44. The van der Waals surface area contributed by atoms with Crippen LogP contribution in [0.3, 0.4) is 0 Å². The smallest absolute Gasteiger partial charge is 0.374 e. The molecule has 136 valence electrons. The lowest BCUT2D eigenvalue weighted by molar-refractivity contribution is 0.0706. The Kier molecular flexibility index (Phi) is 15.9. The third-order valence-electron chi connectivity index (χ3n) is 3.42. The van der Waals surface area contributed by atoms with Gasteiger partial charge in [0.15, 0.2) is 0 Å². The summed E-state index contributed by atoms with van der Waals surface area (Å²) >= 11 is 0. The second-order valence-corrected chi connectivity index (χ2v) is 8.10. The molecular formula is C17H36N2O3Si. The molecule has 23 heavy (non-hydrogen) atoms. The average Bonchev–Trinajstić information content (AvgIpc) is 2.53. The van der Waals surface area contributed by atoms with Gasteiger partial charge in [0.2, 0.25) is 0 Å². The number of hydrogen-bond acceptors (Lipinski definition) is 5. The number of nitrogens with one attached hydrogen (secondary N) is 1. The van der Waals surface area contributed by atoms with E-state index < -0.39 is 8.80 Å². The summed E-state index contributed by atoms with van der Waals surface area (Å²) in [5.74, 6) is 0. The van der Waals surface area contributed by atoms with Gasteiger partial charge in [-0.25, -0.2) is 0 Å². The molecule has 0 saturated carbocycles. The van der Waals surface area contributed by atoms with Gasteiger partial charge in [0.05, 0.1) is 0 Å². The van der Waals surface area contributed by atoms with Gasteiger partial charge in [-0.15, -0.1) is 0 Å². The molecule has 6 heteroatoms. The lowest BCUT2D eigenvalue weighted by atomic mass is 10.2. The first kappa shape index (κ1) is 22.4. The van der Waals surface area contributed by atoms with Gasteiger partial charge in [-0.05, 0) is 65.3 Å². The summed E-state index contributed by atoms with van der Waals surface area (Å²) in [6.07, 6.45) is 10.9. The van der Waals surface area contributed by atoms with Crippen LogP contribution in [0.1, 0.15) is 65.7 Å². The molecule has 0 atom stereocenters. The van der Waals surface area contributed by atoms with Gasteiger partial charge in [-0.3, -0.25) is 4.99 Å². The molecule has 0 heterocycles. The van der Waals surface area contributed by atoms with Crippen LogP contribution in [0, 0.1) is 5.41 Å². The summed E-state index contributed by atoms with van der Waals surface area (Å²) in [6.45, 7) is 8.87. The minimum absolute atomic E-state index is 0.652. The molecule has 0 saturated heterocycles. The predicted molar refractivity (Wildman–Crippen MR) is 99.9 cm³/mol. The first-order valence-corrected chi connectivity index (χ1v) is 11.1. The Balaban J connectivity index is 3.78. The zero-order valence-corrected chi connectivity index (χ0v) is 16.3. The van der Waals surface area contributed by atoms with Gasteiger partial charge < -0.3 is 18.7 Å². The van der Waals surface area contributed by atoms with Crippen molar-refractivity contribution in [2.45, 2.75) is 71.8 Å². The molecule has 0 aliphatic rings. The van der Waals surface area contributed by atoms with Gasteiger partial charge >= 0.3 is 8.80 Å². The molecule has 5 nitrogen and oxygen atoms in total. The van der Waals surface area contributed by atoms with E-state index in [-0.39, 0.29) is 0 Å². The van der Waals surface area contributed by atoms with Crippen molar-refractivity contribution >= 4 is 21.2 Å². The SMILES string of the molecule is CCO[Si](CCCCCCN=CCCCC=N)(OCC)OCC. The fraction of sp³-hybridized carbons (Fsp3) is 0.882. The molecular weight excluding hydrogens is 308 g/mol. The zero-order valence-electron chi connectivity index (χ0n) is 15.3. The highest BCUT2D eigenvalue weighted by Gasteiger charge is 2.39. The third-order valence-corrected chi connectivity index (χ3v) is 6.58. The van der Waals surface area contributed by atoms with E-state index in [4.69, 9.17) is 18.7 Å². The zero-order chi connectivity index (χ0) is 17.2. The van der Waals surface area contributed by atoms with Crippen LogP contribution in [0.15, 0.2) is 4.99 Å². The third kappa shape index (κ3) is 12.5. The lowest BCUT2D eigenvalue weighted by Gasteiger charge is -2.28. The Hall–Kier alpha value is -0.563. The molecule has 0 aromatic carbocycles. The van der Waals surface area contributed by atoms with Crippen LogP contribution in [0.5, 0.6) is 0 Å². The Morgan fingerprint density at radius 1 is 0.826 bits per heavy atom. The Morgan fingerprint density at radius 2 is 1.43 bits per heavy atom.